The largest absolute Gasteiger partial charge is 0.484 e. The number of halogens is 2. The maximum Gasteiger partial charge on any atom is 0.261 e. The molecule has 0 saturated carbocycles. The van der Waals surface area contributed by atoms with Gasteiger partial charge in [-0.15, -0.1) is 0 Å². The molecule has 0 bridgehead atoms. The molecule has 0 spiro atoms. The molecule has 0 aliphatic carbocycles. The fourth-order valence-corrected chi connectivity index (χ4v) is 2.98. The third kappa shape index (κ3) is 4.42. The molecule has 0 atom stereocenters. The Balaban J connectivity index is 2.06. The molecule has 0 N–H and O–H groups in total. The second kappa shape index (κ2) is 6.76. The first-order chi connectivity index (χ1) is 9.90. The Morgan fingerprint density at radius 2 is 2.19 bits per heavy atom. The number of hydrogen-bond acceptors (Lipinski definition) is 6. The van der Waals surface area contributed by atoms with Crippen molar-refractivity contribution in [1.82, 2.24) is 10.1 Å². The van der Waals surface area contributed by atoms with Gasteiger partial charge in [0, 0.05) is 17.1 Å². The van der Waals surface area contributed by atoms with Crippen LogP contribution in [-0.4, -0.2) is 18.6 Å². The van der Waals surface area contributed by atoms with Gasteiger partial charge in [0.2, 0.25) is 11.7 Å². The fourth-order valence-electron chi connectivity index (χ4n) is 1.56. The van der Waals surface area contributed by atoms with E-state index in [1.165, 1.54) is 18.2 Å². The van der Waals surface area contributed by atoms with E-state index in [9.17, 15) is 8.42 Å². The average molecular weight is 396 g/mol. The van der Waals surface area contributed by atoms with Gasteiger partial charge >= 0.3 is 0 Å². The SMILES string of the molecule is CCCc1nc(COc2ccc(S(=O)(=O)Cl)cc2Br)no1. The van der Waals surface area contributed by atoms with E-state index in [-0.39, 0.29) is 11.5 Å². The van der Waals surface area contributed by atoms with E-state index in [2.05, 4.69) is 26.1 Å². The van der Waals surface area contributed by atoms with E-state index in [1.807, 2.05) is 6.92 Å². The molecule has 6 nitrogen and oxygen atoms in total. The van der Waals surface area contributed by atoms with Gasteiger partial charge in [0.15, 0.2) is 6.61 Å². The number of rotatable bonds is 6. The molecule has 0 aliphatic heterocycles. The van der Waals surface area contributed by atoms with E-state index in [4.69, 9.17) is 19.9 Å². The molecule has 2 aromatic rings. The highest BCUT2D eigenvalue weighted by Gasteiger charge is 2.13. The van der Waals surface area contributed by atoms with Crippen molar-refractivity contribution < 1.29 is 17.7 Å². The minimum atomic E-state index is -3.77. The smallest absolute Gasteiger partial charge is 0.261 e. The zero-order valence-electron chi connectivity index (χ0n) is 11.0. The molecule has 0 fully saturated rings. The molecule has 0 radical (unpaired) electrons. The number of benzene rings is 1. The van der Waals surface area contributed by atoms with Crippen LogP contribution in [0, 0.1) is 0 Å². The van der Waals surface area contributed by atoms with Crippen LogP contribution in [0.4, 0.5) is 0 Å². The summed E-state index contributed by atoms with van der Waals surface area (Å²) in [7, 11) is 1.50. The Morgan fingerprint density at radius 1 is 1.43 bits per heavy atom. The number of hydrogen-bond donors (Lipinski definition) is 0. The van der Waals surface area contributed by atoms with Gasteiger partial charge in [-0.05, 0) is 40.5 Å². The van der Waals surface area contributed by atoms with Crippen molar-refractivity contribution in [3.63, 3.8) is 0 Å². The van der Waals surface area contributed by atoms with Gasteiger partial charge in [-0.1, -0.05) is 12.1 Å². The molecular weight excluding hydrogens is 384 g/mol. The molecule has 1 aromatic heterocycles. The first-order valence-electron chi connectivity index (χ1n) is 6.08. The van der Waals surface area contributed by atoms with Crippen molar-refractivity contribution in [3.8, 4) is 5.75 Å². The summed E-state index contributed by atoms with van der Waals surface area (Å²) in [6.07, 6.45) is 1.64. The van der Waals surface area contributed by atoms with Crippen LogP contribution in [0.5, 0.6) is 5.75 Å². The van der Waals surface area contributed by atoms with Gasteiger partial charge in [0.1, 0.15) is 5.75 Å². The highest BCUT2D eigenvalue weighted by atomic mass is 79.9. The first kappa shape index (κ1) is 16.3. The lowest BCUT2D eigenvalue weighted by molar-refractivity contribution is 0.283. The Morgan fingerprint density at radius 3 is 2.81 bits per heavy atom. The molecule has 1 heterocycles. The summed E-state index contributed by atoms with van der Waals surface area (Å²) in [6, 6.07) is 4.24. The summed E-state index contributed by atoms with van der Waals surface area (Å²) in [5.74, 6) is 1.46. The van der Waals surface area contributed by atoms with Crippen molar-refractivity contribution in [2.24, 2.45) is 0 Å². The number of aryl methyl sites for hydroxylation is 1. The van der Waals surface area contributed by atoms with Crippen molar-refractivity contribution >= 4 is 35.7 Å². The van der Waals surface area contributed by atoms with Crippen molar-refractivity contribution in [3.05, 3.63) is 34.4 Å². The van der Waals surface area contributed by atoms with Gasteiger partial charge in [0.25, 0.3) is 9.05 Å². The van der Waals surface area contributed by atoms with Crippen molar-refractivity contribution in [2.75, 3.05) is 0 Å². The minimum absolute atomic E-state index is 0.00631. The number of nitrogens with zero attached hydrogens (tertiary/aromatic N) is 2. The monoisotopic (exact) mass is 394 g/mol. The zero-order valence-corrected chi connectivity index (χ0v) is 14.2. The highest BCUT2D eigenvalue weighted by molar-refractivity contribution is 9.10. The molecule has 114 valence electrons. The van der Waals surface area contributed by atoms with Gasteiger partial charge in [-0.25, -0.2) is 8.42 Å². The lowest BCUT2D eigenvalue weighted by Gasteiger charge is -2.06. The van der Waals surface area contributed by atoms with E-state index >= 15 is 0 Å². The summed E-state index contributed by atoms with van der Waals surface area (Å²) >= 11 is 3.23. The van der Waals surface area contributed by atoms with Gasteiger partial charge < -0.3 is 9.26 Å². The van der Waals surface area contributed by atoms with Crippen LogP contribution in [0.1, 0.15) is 25.1 Å². The summed E-state index contributed by atoms with van der Waals surface area (Å²) in [5, 5.41) is 3.79. The van der Waals surface area contributed by atoms with E-state index in [0.29, 0.717) is 21.9 Å². The Hall–Kier alpha value is -1.12. The van der Waals surface area contributed by atoms with Crippen LogP contribution in [0.15, 0.2) is 32.1 Å². The Bertz CT molecular complexity index is 733. The van der Waals surface area contributed by atoms with Crippen LogP contribution in [0.2, 0.25) is 0 Å². The third-order valence-electron chi connectivity index (χ3n) is 2.52. The maximum absolute atomic E-state index is 11.2. The predicted molar refractivity (Wildman–Crippen MR) is 79.8 cm³/mol. The molecule has 9 heteroatoms. The first-order valence-corrected chi connectivity index (χ1v) is 9.19. The fraction of sp³-hybridized carbons (Fsp3) is 0.333. The molecule has 21 heavy (non-hydrogen) atoms. The van der Waals surface area contributed by atoms with Crippen LogP contribution < -0.4 is 4.74 Å². The summed E-state index contributed by atoms with van der Waals surface area (Å²) < 4.78 is 33.4. The Kier molecular flexibility index (Phi) is 5.23. The number of ether oxygens (including phenoxy) is 1. The molecule has 0 saturated heterocycles. The molecule has 1 aromatic carbocycles. The van der Waals surface area contributed by atoms with Crippen molar-refractivity contribution in [2.45, 2.75) is 31.3 Å². The average Bonchev–Trinajstić information content (AvgIpc) is 2.84. The van der Waals surface area contributed by atoms with Crippen LogP contribution >= 0.6 is 26.6 Å². The van der Waals surface area contributed by atoms with Gasteiger partial charge in [-0.3, -0.25) is 0 Å². The van der Waals surface area contributed by atoms with Gasteiger partial charge in [0.05, 0.1) is 9.37 Å². The molecule has 0 amide bonds. The van der Waals surface area contributed by atoms with E-state index < -0.39 is 9.05 Å². The van der Waals surface area contributed by atoms with Crippen LogP contribution in [0.3, 0.4) is 0 Å². The maximum atomic E-state index is 11.2. The molecule has 0 unspecified atom stereocenters. The lowest BCUT2D eigenvalue weighted by Crippen LogP contribution is -1.99. The topological polar surface area (TPSA) is 82.3 Å². The number of aromatic nitrogens is 2. The molecule has 2 rings (SSSR count). The normalized spacial score (nSPS) is 11.6. The molecular formula is C12H12BrClN2O4S. The second-order valence-electron chi connectivity index (χ2n) is 4.17. The van der Waals surface area contributed by atoms with Gasteiger partial charge in [-0.2, -0.15) is 4.98 Å². The third-order valence-corrected chi connectivity index (χ3v) is 4.49. The predicted octanol–water partition coefficient (Wildman–Crippen LogP) is 3.29. The van der Waals surface area contributed by atoms with Crippen molar-refractivity contribution in [1.29, 1.82) is 0 Å². The second-order valence-corrected chi connectivity index (χ2v) is 7.59. The van der Waals surface area contributed by atoms with E-state index in [0.717, 1.165) is 12.8 Å². The standard InChI is InChI=1S/C12H12BrClN2O4S/c1-2-3-12-15-11(16-20-12)7-19-10-5-4-8(6-9(10)13)21(14,17)18/h4-6H,2-3,7H2,1H3. The van der Waals surface area contributed by atoms with E-state index in [1.54, 1.807) is 0 Å². The highest BCUT2D eigenvalue weighted by Crippen LogP contribution is 2.29. The minimum Gasteiger partial charge on any atom is -0.484 e. The molecule has 0 aliphatic rings. The quantitative estimate of drug-likeness (QED) is 0.698. The van der Waals surface area contributed by atoms with Crippen LogP contribution in [0.25, 0.3) is 0 Å². The summed E-state index contributed by atoms with van der Waals surface area (Å²) in [5.41, 5.74) is 0. The summed E-state index contributed by atoms with van der Waals surface area (Å²) in [4.78, 5) is 4.16. The zero-order chi connectivity index (χ0) is 15.5. The summed E-state index contributed by atoms with van der Waals surface area (Å²) in [6.45, 7) is 2.14. The van der Waals surface area contributed by atoms with Crippen LogP contribution in [-0.2, 0) is 22.1 Å². The Labute approximate surface area is 135 Å². The lowest BCUT2D eigenvalue weighted by atomic mass is 10.3.